The topological polar surface area (TPSA) is 71.9 Å². The predicted octanol–water partition coefficient (Wildman–Crippen LogP) is 4.08. The first-order chi connectivity index (χ1) is 18.3. The highest BCUT2D eigenvalue weighted by molar-refractivity contribution is 5.93. The molecule has 2 aliphatic heterocycles. The van der Waals surface area contributed by atoms with Crippen molar-refractivity contribution < 1.29 is 9.90 Å². The number of likely N-dealkylation sites (tertiary alicyclic amines) is 1. The Morgan fingerprint density at radius 1 is 1.18 bits per heavy atom. The van der Waals surface area contributed by atoms with Crippen LogP contribution in [0.4, 0.5) is 0 Å². The minimum atomic E-state index is -0.0641. The number of nitrogens with zero attached hydrogens (tertiary/aromatic N) is 4. The summed E-state index contributed by atoms with van der Waals surface area (Å²) in [7, 11) is 5.58. The van der Waals surface area contributed by atoms with E-state index in [1.807, 2.05) is 25.4 Å². The van der Waals surface area contributed by atoms with E-state index in [1.54, 1.807) is 19.0 Å². The summed E-state index contributed by atoms with van der Waals surface area (Å²) in [5.41, 5.74) is 7.87. The molecule has 1 aromatic heterocycles. The van der Waals surface area contributed by atoms with Crippen molar-refractivity contribution in [2.45, 2.75) is 38.8 Å². The van der Waals surface area contributed by atoms with Crippen LogP contribution >= 0.6 is 0 Å². The molecule has 0 saturated carbocycles. The molecule has 1 aromatic carbocycles. The minimum Gasteiger partial charge on any atom is -0.381 e. The van der Waals surface area contributed by atoms with Gasteiger partial charge >= 0.3 is 0 Å². The maximum absolute atomic E-state index is 12.2. The fourth-order valence-electron chi connectivity index (χ4n) is 5.38. The highest BCUT2D eigenvalue weighted by Crippen LogP contribution is 2.30. The number of hydrogen-bond donors (Lipinski definition) is 2. The lowest BCUT2D eigenvalue weighted by Crippen LogP contribution is -2.40. The highest BCUT2D eigenvalue weighted by Gasteiger charge is 2.22. The van der Waals surface area contributed by atoms with E-state index < -0.39 is 0 Å². The van der Waals surface area contributed by atoms with Crippen molar-refractivity contribution in [3.8, 4) is 0 Å². The van der Waals surface area contributed by atoms with Crippen molar-refractivity contribution in [2.75, 3.05) is 47.5 Å². The second kappa shape index (κ2) is 12.5. The number of piperidine rings is 1. The van der Waals surface area contributed by atoms with E-state index in [0.29, 0.717) is 5.92 Å². The molecule has 0 aliphatic carbocycles. The first kappa shape index (κ1) is 27.8. The Bertz CT molecular complexity index is 1210. The molecule has 1 fully saturated rings. The van der Waals surface area contributed by atoms with Gasteiger partial charge in [0.25, 0.3) is 5.91 Å². The summed E-state index contributed by atoms with van der Waals surface area (Å²) < 4.78 is 0. The molecule has 2 aliphatic rings. The molecule has 7 heteroatoms. The molecule has 2 N–H and O–H groups in total. The number of likely N-dealkylation sites (N-methyl/N-ethyl adjacent to an activating group) is 1. The van der Waals surface area contributed by atoms with Gasteiger partial charge in [-0.3, -0.25) is 20.0 Å². The molecule has 3 heterocycles. The lowest BCUT2D eigenvalue weighted by atomic mass is 9.88. The van der Waals surface area contributed by atoms with Crippen molar-refractivity contribution in [3.63, 3.8) is 0 Å². The van der Waals surface area contributed by atoms with Gasteiger partial charge in [0.1, 0.15) is 0 Å². The summed E-state index contributed by atoms with van der Waals surface area (Å²) in [6.45, 7) is 7.27. The first-order valence-corrected chi connectivity index (χ1v) is 13.4. The monoisotopic (exact) mass is 515 g/mol. The number of aromatic nitrogens is 1. The number of hydrogen-bond acceptors (Lipinski definition) is 6. The zero-order chi connectivity index (χ0) is 27.2. The number of pyridine rings is 1. The van der Waals surface area contributed by atoms with Gasteiger partial charge in [-0.2, -0.15) is 0 Å². The Morgan fingerprint density at radius 2 is 1.89 bits per heavy atom. The summed E-state index contributed by atoms with van der Waals surface area (Å²) in [4.78, 5) is 23.0. The smallest absolute Gasteiger partial charge is 0.253 e. The van der Waals surface area contributed by atoms with Crippen LogP contribution in [0.25, 0.3) is 11.6 Å². The van der Waals surface area contributed by atoms with Crippen molar-refractivity contribution >= 4 is 17.6 Å². The van der Waals surface area contributed by atoms with Gasteiger partial charge in [-0.25, -0.2) is 0 Å². The van der Waals surface area contributed by atoms with Gasteiger partial charge in [-0.05, 0) is 86.7 Å². The zero-order valence-electron chi connectivity index (χ0n) is 23.3. The third kappa shape index (κ3) is 6.59. The van der Waals surface area contributed by atoms with E-state index in [-0.39, 0.29) is 18.8 Å². The molecule has 202 valence electrons. The van der Waals surface area contributed by atoms with Crippen molar-refractivity contribution in [3.05, 3.63) is 88.4 Å². The van der Waals surface area contributed by atoms with Gasteiger partial charge in [-0.15, -0.1) is 0 Å². The van der Waals surface area contributed by atoms with E-state index in [9.17, 15) is 9.90 Å². The summed E-state index contributed by atoms with van der Waals surface area (Å²) in [5, 5.41) is 12.3. The Morgan fingerprint density at radius 3 is 2.53 bits per heavy atom. The maximum Gasteiger partial charge on any atom is 0.253 e. The fraction of sp³-hybridized carbons (Fsp3) is 0.419. The molecule has 4 rings (SSSR count). The lowest BCUT2D eigenvalue weighted by Gasteiger charge is -2.32. The van der Waals surface area contributed by atoms with Crippen LogP contribution < -0.4 is 5.32 Å². The van der Waals surface area contributed by atoms with Gasteiger partial charge in [0.05, 0.1) is 12.9 Å². The molecule has 0 radical (unpaired) electrons. The second-order valence-corrected chi connectivity index (χ2v) is 10.6. The Balaban J connectivity index is 1.40. The number of benzene rings is 1. The van der Waals surface area contributed by atoms with Gasteiger partial charge in [-0.1, -0.05) is 29.9 Å². The molecule has 1 amide bonds. The fourth-order valence-corrected chi connectivity index (χ4v) is 5.38. The quantitative estimate of drug-likeness (QED) is 0.516. The largest absolute Gasteiger partial charge is 0.381 e. The summed E-state index contributed by atoms with van der Waals surface area (Å²) in [5.74, 6) is 0.587. The number of aliphatic hydroxyl groups is 1. The average molecular weight is 516 g/mol. The number of rotatable bonds is 8. The van der Waals surface area contributed by atoms with Crippen LogP contribution in [0.2, 0.25) is 0 Å². The van der Waals surface area contributed by atoms with Gasteiger partial charge in [0, 0.05) is 56.9 Å². The van der Waals surface area contributed by atoms with Crippen molar-refractivity contribution in [1.82, 2.24) is 25.0 Å². The van der Waals surface area contributed by atoms with E-state index in [2.05, 4.69) is 76.6 Å². The maximum atomic E-state index is 12.2. The number of carbonyl (C=O) groups is 1. The van der Waals surface area contributed by atoms with Gasteiger partial charge in [0.2, 0.25) is 0 Å². The number of carbonyl (C=O) groups excluding carboxylic acids is 1. The lowest BCUT2D eigenvalue weighted by molar-refractivity contribution is 0.0827. The van der Waals surface area contributed by atoms with Crippen molar-refractivity contribution in [1.29, 1.82) is 0 Å². The molecule has 1 unspecified atom stereocenters. The summed E-state index contributed by atoms with van der Waals surface area (Å²) in [6.07, 6.45) is 12.7. The number of aryl methyl sites for hydroxylation is 1. The van der Waals surface area contributed by atoms with Gasteiger partial charge < -0.3 is 14.9 Å². The van der Waals surface area contributed by atoms with E-state index in [4.69, 9.17) is 0 Å². The van der Waals surface area contributed by atoms with Crippen LogP contribution in [0.5, 0.6) is 0 Å². The standard InChI is InChI=1S/C31H41N5O2/c1-22(18-29-23(2)32-15-12-28(29)27-10-11-30(33-21-37)35(5)20-27)19-36-16-13-25(14-17-36)24-6-8-26(9-7-24)31(38)34(3)4/h6-12,15,18,20,25,30,33,37H,13-14,16-17,19,21H2,1-5H3/b22-18+. The number of nitrogens with one attached hydrogen (secondary N) is 1. The molecule has 7 nitrogen and oxygen atoms in total. The molecule has 1 saturated heterocycles. The first-order valence-electron chi connectivity index (χ1n) is 13.4. The van der Waals surface area contributed by atoms with E-state index in [0.717, 1.165) is 60.4 Å². The minimum absolute atomic E-state index is 0.0196. The van der Waals surface area contributed by atoms with Crippen LogP contribution in [0.15, 0.2) is 60.5 Å². The molecule has 2 aromatic rings. The number of allylic oxidation sites excluding steroid dienone is 2. The second-order valence-electron chi connectivity index (χ2n) is 10.6. The molecular weight excluding hydrogens is 474 g/mol. The Kier molecular flexibility index (Phi) is 9.15. The average Bonchev–Trinajstić information content (AvgIpc) is 2.91. The third-order valence-corrected chi connectivity index (χ3v) is 7.53. The molecule has 38 heavy (non-hydrogen) atoms. The Hall–Kier alpha value is -3.26. The van der Waals surface area contributed by atoms with E-state index in [1.165, 1.54) is 11.1 Å². The SMILES string of the molecule is C/C(=C\c1c(C2=CN(C)C(NCO)C=C2)ccnc1C)CN1CCC(c2ccc(C(=O)N(C)C)cc2)CC1. The normalized spacial score (nSPS) is 19.0. The van der Waals surface area contributed by atoms with Gasteiger partial charge in [0.15, 0.2) is 0 Å². The number of aliphatic hydroxyl groups excluding tert-OH is 1. The molecule has 0 spiro atoms. The van der Waals surface area contributed by atoms with Crippen LogP contribution in [0.3, 0.4) is 0 Å². The van der Waals surface area contributed by atoms with Crippen molar-refractivity contribution in [2.24, 2.45) is 0 Å². The van der Waals surface area contributed by atoms with Crippen LogP contribution in [-0.4, -0.2) is 84.4 Å². The number of amides is 1. The molecule has 1 atom stereocenters. The van der Waals surface area contributed by atoms with Crippen LogP contribution in [-0.2, 0) is 0 Å². The molecular formula is C31H41N5O2. The Labute approximate surface area is 227 Å². The highest BCUT2D eigenvalue weighted by atomic mass is 16.3. The van der Waals surface area contributed by atoms with E-state index >= 15 is 0 Å². The summed E-state index contributed by atoms with van der Waals surface area (Å²) >= 11 is 0. The van der Waals surface area contributed by atoms with Crippen LogP contribution in [0, 0.1) is 6.92 Å². The zero-order valence-corrected chi connectivity index (χ0v) is 23.3. The predicted molar refractivity (Wildman–Crippen MR) is 154 cm³/mol. The molecule has 0 bridgehead atoms. The third-order valence-electron chi connectivity index (χ3n) is 7.53. The summed E-state index contributed by atoms with van der Waals surface area (Å²) in [6, 6.07) is 10.3. The van der Waals surface area contributed by atoms with Crippen LogP contribution in [0.1, 0.15) is 58.4 Å².